The molecule has 4 heteroatoms. The number of hydrogen-bond donors (Lipinski definition) is 2. The number of aromatic nitrogens is 1. The Morgan fingerprint density at radius 3 is 2.67 bits per heavy atom. The first-order valence-corrected chi connectivity index (χ1v) is 7.57. The Morgan fingerprint density at radius 1 is 1.14 bits per heavy atom. The SMILES string of the molecule is C[C@@H](NC(=O)c1cccc2[nH]ccc12)c1ccc(Br)cc1. The van der Waals surface area contributed by atoms with E-state index >= 15 is 0 Å². The lowest BCUT2D eigenvalue weighted by atomic mass is 10.1. The molecule has 0 spiro atoms. The summed E-state index contributed by atoms with van der Waals surface area (Å²) in [6, 6.07) is 15.5. The zero-order valence-electron chi connectivity index (χ0n) is 11.6. The normalized spacial score (nSPS) is 12.3. The fourth-order valence-electron chi connectivity index (χ4n) is 2.39. The topological polar surface area (TPSA) is 44.9 Å². The third-order valence-corrected chi connectivity index (χ3v) is 4.09. The summed E-state index contributed by atoms with van der Waals surface area (Å²) >= 11 is 3.41. The minimum Gasteiger partial charge on any atom is -0.361 e. The van der Waals surface area contributed by atoms with Crippen LogP contribution in [0.5, 0.6) is 0 Å². The van der Waals surface area contributed by atoms with Crippen molar-refractivity contribution < 1.29 is 4.79 Å². The van der Waals surface area contributed by atoms with Crippen molar-refractivity contribution in [2.45, 2.75) is 13.0 Å². The predicted molar refractivity (Wildman–Crippen MR) is 88.3 cm³/mol. The van der Waals surface area contributed by atoms with Crippen molar-refractivity contribution in [3.63, 3.8) is 0 Å². The number of carbonyl (C=O) groups excluding carboxylic acids is 1. The average molecular weight is 343 g/mol. The predicted octanol–water partition coefficient (Wildman–Crippen LogP) is 4.42. The first kappa shape index (κ1) is 13.9. The van der Waals surface area contributed by atoms with Crippen molar-refractivity contribution in [2.24, 2.45) is 0 Å². The number of halogens is 1. The summed E-state index contributed by atoms with van der Waals surface area (Å²) in [5, 5.41) is 3.99. The van der Waals surface area contributed by atoms with Gasteiger partial charge in [-0.15, -0.1) is 0 Å². The number of benzene rings is 2. The van der Waals surface area contributed by atoms with Gasteiger partial charge in [-0.05, 0) is 42.8 Å². The largest absolute Gasteiger partial charge is 0.361 e. The molecular weight excluding hydrogens is 328 g/mol. The Hall–Kier alpha value is -2.07. The van der Waals surface area contributed by atoms with E-state index in [1.165, 1.54) is 0 Å². The highest BCUT2D eigenvalue weighted by atomic mass is 79.9. The van der Waals surface area contributed by atoms with E-state index in [-0.39, 0.29) is 11.9 Å². The van der Waals surface area contributed by atoms with Crippen LogP contribution in [0.2, 0.25) is 0 Å². The van der Waals surface area contributed by atoms with Gasteiger partial charge in [-0.1, -0.05) is 34.1 Å². The van der Waals surface area contributed by atoms with Gasteiger partial charge in [0.2, 0.25) is 0 Å². The van der Waals surface area contributed by atoms with Crippen LogP contribution in [0.15, 0.2) is 59.2 Å². The molecule has 3 rings (SSSR count). The lowest BCUT2D eigenvalue weighted by Gasteiger charge is -2.15. The molecule has 3 nitrogen and oxygen atoms in total. The summed E-state index contributed by atoms with van der Waals surface area (Å²) in [5.74, 6) is -0.0596. The van der Waals surface area contributed by atoms with Crippen LogP contribution in [0.1, 0.15) is 28.9 Å². The number of fused-ring (bicyclic) bond motifs is 1. The monoisotopic (exact) mass is 342 g/mol. The first-order valence-electron chi connectivity index (χ1n) is 6.77. The molecule has 2 N–H and O–H groups in total. The van der Waals surface area contributed by atoms with Crippen LogP contribution in [-0.4, -0.2) is 10.9 Å². The molecule has 3 aromatic rings. The first-order chi connectivity index (χ1) is 10.1. The number of rotatable bonds is 3. The summed E-state index contributed by atoms with van der Waals surface area (Å²) in [5.41, 5.74) is 2.74. The molecule has 0 aliphatic heterocycles. The van der Waals surface area contributed by atoms with Crippen molar-refractivity contribution in [2.75, 3.05) is 0 Å². The van der Waals surface area contributed by atoms with Gasteiger partial charge in [-0.25, -0.2) is 0 Å². The minimum atomic E-state index is -0.0596. The van der Waals surface area contributed by atoms with Gasteiger partial charge < -0.3 is 10.3 Å². The zero-order chi connectivity index (χ0) is 14.8. The van der Waals surface area contributed by atoms with E-state index in [0.717, 1.165) is 20.9 Å². The molecule has 1 aromatic heterocycles. The molecule has 0 radical (unpaired) electrons. The third kappa shape index (κ3) is 2.85. The van der Waals surface area contributed by atoms with Crippen LogP contribution >= 0.6 is 15.9 Å². The highest BCUT2D eigenvalue weighted by Gasteiger charge is 2.14. The maximum atomic E-state index is 12.5. The van der Waals surface area contributed by atoms with Crippen LogP contribution < -0.4 is 5.32 Å². The number of amides is 1. The maximum absolute atomic E-state index is 12.5. The van der Waals surface area contributed by atoms with Crippen molar-refractivity contribution in [1.29, 1.82) is 0 Å². The van der Waals surface area contributed by atoms with Gasteiger partial charge in [0.25, 0.3) is 5.91 Å². The molecule has 106 valence electrons. The van der Waals surface area contributed by atoms with E-state index in [1.54, 1.807) is 0 Å². The average Bonchev–Trinajstić information content (AvgIpc) is 2.96. The Bertz CT molecular complexity index is 777. The highest BCUT2D eigenvalue weighted by Crippen LogP contribution is 2.20. The number of H-pyrrole nitrogens is 1. The van der Waals surface area contributed by atoms with E-state index in [9.17, 15) is 4.79 Å². The molecule has 2 aromatic carbocycles. The van der Waals surface area contributed by atoms with Crippen molar-refractivity contribution >= 4 is 32.7 Å². The molecule has 0 aliphatic rings. The summed E-state index contributed by atoms with van der Waals surface area (Å²) in [4.78, 5) is 15.6. The van der Waals surface area contributed by atoms with E-state index in [1.807, 2.05) is 61.7 Å². The minimum absolute atomic E-state index is 0.0419. The second-order valence-electron chi connectivity index (χ2n) is 4.99. The zero-order valence-corrected chi connectivity index (χ0v) is 13.1. The number of hydrogen-bond acceptors (Lipinski definition) is 1. The lowest BCUT2D eigenvalue weighted by molar-refractivity contribution is 0.0941. The van der Waals surface area contributed by atoms with Gasteiger partial charge in [0, 0.05) is 27.1 Å². The molecular formula is C17H15BrN2O. The molecule has 21 heavy (non-hydrogen) atoms. The molecule has 1 amide bonds. The van der Waals surface area contributed by atoms with Crippen molar-refractivity contribution in [3.8, 4) is 0 Å². The van der Waals surface area contributed by atoms with Crippen LogP contribution in [0, 0.1) is 0 Å². The number of aromatic amines is 1. The molecule has 0 bridgehead atoms. The highest BCUT2D eigenvalue weighted by molar-refractivity contribution is 9.10. The Labute approximate surface area is 131 Å². The number of carbonyl (C=O) groups is 1. The van der Waals surface area contributed by atoms with Crippen LogP contribution in [-0.2, 0) is 0 Å². The van der Waals surface area contributed by atoms with Crippen LogP contribution in [0.3, 0.4) is 0 Å². The third-order valence-electron chi connectivity index (χ3n) is 3.56. The Morgan fingerprint density at radius 2 is 1.90 bits per heavy atom. The van der Waals surface area contributed by atoms with Gasteiger partial charge in [0.1, 0.15) is 0 Å². The van der Waals surface area contributed by atoms with Gasteiger partial charge in [-0.2, -0.15) is 0 Å². The standard InChI is InChI=1S/C17H15BrN2O/c1-11(12-5-7-13(18)8-6-12)20-17(21)15-3-2-4-16-14(15)9-10-19-16/h2-11,19H,1H3,(H,20,21)/t11-/m1/s1. The van der Waals surface area contributed by atoms with E-state index in [2.05, 4.69) is 26.2 Å². The van der Waals surface area contributed by atoms with Crippen LogP contribution in [0.25, 0.3) is 10.9 Å². The molecule has 1 atom stereocenters. The Balaban J connectivity index is 1.83. The molecule has 1 heterocycles. The summed E-state index contributed by atoms with van der Waals surface area (Å²) in [6.07, 6.45) is 1.85. The molecule has 0 saturated heterocycles. The smallest absolute Gasteiger partial charge is 0.252 e. The molecule has 0 saturated carbocycles. The van der Waals surface area contributed by atoms with Gasteiger partial charge in [0.15, 0.2) is 0 Å². The summed E-state index contributed by atoms with van der Waals surface area (Å²) in [6.45, 7) is 1.98. The van der Waals surface area contributed by atoms with E-state index in [0.29, 0.717) is 5.56 Å². The summed E-state index contributed by atoms with van der Waals surface area (Å²) in [7, 11) is 0. The molecule has 0 unspecified atom stereocenters. The maximum Gasteiger partial charge on any atom is 0.252 e. The van der Waals surface area contributed by atoms with Crippen LogP contribution in [0.4, 0.5) is 0 Å². The van der Waals surface area contributed by atoms with Gasteiger partial charge in [0.05, 0.1) is 6.04 Å². The van der Waals surface area contributed by atoms with Gasteiger partial charge >= 0.3 is 0 Å². The Kier molecular flexibility index (Phi) is 3.80. The quantitative estimate of drug-likeness (QED) is 0.726. The van der Waals surface area contributed by atoms with E-state index in [4.69, 9.17) is 0 Å². The van der Waals surface area contributed by atoms with Crippen molar-refractivity contribution in [1.82, 2.24) is 10.3 Å². The van der Waals surface area contributed by atoms with Crippen molar-refractivity contribution in [3.05, 3.63) is 70.3 Å². The second-order valence-corrected chi connectivity index (χ2v) is 5.91. The van der Waals surface area contributed by atoms with Gasteiger partial charge in [-0.3, -0.25) is 4.79 Å². The molecule has 0 aliphatic carbocycles. The summed E-state index contributed by atoms with van der Waals surface area (Å²) < 4.78 is 1.03. The lowest BCUT2D eigenvalue weighted by Crippen LogP contribution is -2.26. The second kappa shape index (κ2) is 5.74. The number of nitrogens with one attached hydrogen (secondary N) is 2. The van der Waals surface area contributed by atoms with E-state index < -0.39 is 0 Å². The fourth-order valence-corrected chi connectivity index (χ4v) is 2.66. The molecule has 0 fully saturated rings. The fraction of sp³-hybridized carbons (Fsp3) is 0.118.